The molecule has 1 unspecified atom stereocenters. The van der Waals surface area contributed by atoms with Gasteiger partial charge >= 0.3 is 0 Å². The lowest BCUT2D eigenvalue weighted by molar-refractivity contribution is 0.142. The predicted octanol–water partition coefficient (Wildman–Crippen LogP) is 3.72. The first kappa shape index (κ1) is 14.2. The maximum absolute atomic E-state index is 2.61. The molecule has 14 heavy (non-hydrogen) atoms. The Balaban J connectivity index is 0.00000169. The topological polar surface area (TPSA) is 3.24 Å². The molecule has 1 aliphatic carbocycles. The minimum Gasteiger partial charge on any atom is -0.301 e. The molecule has 0 aromatic carbocycles. The van der Waals surface area contributed by atoms with Crippen LogP contribution in [0.2, 0.25) is 0 Å². The first-order valence-electron chi connectivity index (χ1n) is 6.03. The smallest absolute Gasteiger partial charge is 0.00949 e. The van der Waals surface area contributed by atoms with Crippen molar-refractivity contribution >= 4 is 12.4 Å². The third kappa shape index (κ3) is 3.78. The van der Waals surface area contributed by atoms with Gasteiger partial charge in [-0.2, -0.15) is 0 Å². The fraction of sp³-hybridized carbons (Fsp3) is 1.00. The van der Waals surface area contributed by atoms with Crippen molar-refractivity contribution in [2.24, 2.45) is 5.92 Å². The summed E-state index contributed by atoms with van der Waals surface area (Å²) in [7, 11) is 0. The van der Waals surface area contributed by atoms with E-state index in [0.717, 1.165) is 12.0 Å². The molecule has 0 bridgehead atoms. The first-order chi connectivity index (χ1) is 6.29. The predicted molar refractivity (Wildman–Crippen MR) is 66.2 cm³/mol. The van der Waals surface area contributed by atoms with Gasteiger partial charge in [0.25, 0.3) is 0 Å². The normalized spacial score (nSPS) is 20.6. The van der Waals surface area contributed by atoms with Crippen LogP contribution in [-0.4, -0.2) is 24.0 Å². The van der Waals surface area contributed by atoms with Crippen molar-refractivity contribution in [2.75, 3.05) is 13.1 Å². The summed E-state index contributed by atoms with van der Waals surface area (Å²) >= 11 is 0. The van der Waals surface area contributed by atoms with Crippen molar-refractivity contribution in [3.8, 4) is 0 Å². The van der Waals surface area contributed by atoms with Gasteiger partial charge in [-0.05, 0) is 38.8 Å². The molecule has 1 saturated carbocycles. The zero-order valence-corrected chi connectivity index (χ0v) is 10.8. The maximum atomic E-state index is 2.61. The molecule has 0 aromatic rings. The largest absolute Gasteiger partial charge is 0.301 e. The molecule has 0 heterocycles. The molecule has 1 rings (SSSR count). The van der Waals surface area contributed by atoms with Gasteiger partial charge in [0.15, 0.2) is 0 Å². The first-order valence-corrected chi connectivity index (χ1v) is 6.03. The molecule has 1 aliphatic rings. The number of rotatable bonds is 4. The van der Waals surface area contributed by atoms with Crippen LogP contribution in [0.25, 0.3) is 0 Å². The summed E-state index contributed by atoms with van der Waals surface area (Å²) in [6.07, 6.45) is 7.35. The molecule has 0 radical (unpaired) electrons. The third-order valence-electron chi connectivity index (χ3n) is 3.72. The molecule has 0 aliphatic heterocycles. The minimum absolute atomic E-state index is 0. The molecule has 0 amide bonds. The maximum Gasteiger partial charge on any atom is 0.00949 e. The van der Waals surface area contributed by atoms with Crippen LogP contribution >= 0.6 is 12.4 Å². The summed E-state index contributed by atoms with van der Waals surface area (Å²) in [5.41, 5.74) is 0. The molecule has 0 saturated heterocycles. The summed E-state index contributed by atoms with van der Waals surface area (Å²) in [5.74, 6) is 0.980. The van der Waals surface area contributed by atoms with E-state index in [1.807, 2.05) is 0 Å². The fourth-order valence-corrected chi connectivity index (χ4v) is 2.71. The molecule has 1 nitrogen and oxygen atoms in total. The highest BCUT2D eigenvalue weighted by atomic mass is 35.5. The van der Waals surface area contributed by atoms with Crippen molar-refractivity contribution in [3.63, 3.8) is 0 Å². The van der Waals surface area contributed by atoms with Crippen LogP contribution in [0.3, 0.4) is 0 Å². The Morgan fingerprint density at radius 3 is 2.00 bits per heavy atom. The van der Waals surface area contributed by atoms with Gasteiger partial charge in [-0.25, -0.2) is 0 Å². The highest BCUT2D eigenvalue weighted by molar-refractivity contribution is 5.85. The average Bonchev–Trinajstić information content (AvgIpc) is 2.21. The Bertz CT molecular complexity index is 128. The van der Waals surface area contributed by atoms with Crippen molar-refractivity contribution in [1.29, 1.82) is 0 Å². The van der Waals surface area contributed by atoms with E-state index in [1.54, 1.807) is 0 Å². The molecule has 2 heteroatoms. The molecular formula is C12H26ClN. The van der Waals surface area contributed by atoms with Crippen molar-refractivity contribution in [1.82, 2.24) is 4.90 Å². The highest BCUT2D eigenvalue weighted by Gasteiger charge is 2.23. The van der Waals surface area contributed by atoms with Crippen LogP contribution in [0.1, 0.15) is 52.9 Å². The van der Waals surface area contributed by atoms with Crippen molar-refractivity contribution in [3.05, 3.63) is 0 Å². The monoisotopic (exact) mass is 219 g/mol. The molecule has 0 aromatic heterocycles. The van der Waals surface area contributed by atoms with Crippen LogP contribution < -0.4 is 0 Å². The van der Waals surface area contributed by atoms with Gasteiger partial charge < -0.3 is 4.90 Å². The Kier molecular flexibility index (Phi) is 7.66. The summed E-state index contributed by atoms with van der Waals surface area (Å²) in [6, 6.07) is 0.815. The van der Waals surface area contributed by atoms with Gasteiger partial charge in [-0.15, -0.1) is 12.4 Å². The lowest BCUT2D eigenvalue weighted by atomic mass is 9.84. The van der Waals surface area contributed by atoms with Crippen molar-refractivity contribution in [2.45, 2.75) is 58.9 Å². The Labute approximate surface area is 95.7 Å². The van der Waals surface area contributed by atoms with Gasteiger partial charge in [0.2, 0.25) is 0 Å². The summed E-state index contributed by atoms with van der Waals surface area (Å²) < 4.78 is 0. The van der Waals surface area contributed by atoms with E-state index in [0.29, 0.717) is 0 Å². The molecule has 86 valence electrons. The number of hydrogen-bond donors (Lipinski definition) is 0. The van der Waals surface area contributed by atoms with Gasteiger partial charge in [0, 0.05) is 6.04 Å². The lowest BCUT2D eigenvalue weighted by Gasteiger charge is -2.35. The highest BCUT2D eigenvalue weighted by Crippen LogP contribution is 2.28. The van der Waals surface area contributed by atoms with E-state index in [9.17, 15) is 0 Å². The van der Waals surface area contributed by atoms with Crippen LogP contribution in [0.5, 0.6) is 0 Å². The molecule has 1 atom stereocenters. The minimum atomic E-state index is 0. The second-order valence-electron chi connectivity index (χ2n) is 4.36. The second kappa shape index (κ2) is 7.53. The SMILES string of the molecule is CCN(CC)C(C)C1CCCCC1.Cl. The van der Waals surface area contributed by atoms with Crippen molar-refractivity contribution < 1.29 is 0 Å². The Hall–Kier alpha value is 0.250. The van der Waals surface area contributed by atoms with E-state index < -0.39 is 0 Å². The molecular weight excluding hydrogens is 194 g/mol. The van der Waals surface area contributed by atoms with Crippen LogP contribution in [-0.2, 0) is 0 Å². The van der Waals surface area contributed by atoms with E-state index in [-0.39, 0.29) is 12.4 Å². The van der Waals surface area contributed by atoms with Gasteiger partial charge in [0.1, 0.15) is 0 Å². The molecule has 0 N–H and O–H groups in total. The van der Waals surface area contributed by atoms with Gasteiger partial charge in [-0.1, -0.05) is 33.1 Å². The third-order valence-corrected chi connectivity index (χ3v) is 3.72. The number of hydrogen-bond acceptors (Lipinski definition) is 1. The average molecular weight is 220 g/mol. The lowest BCUT2D eigenvalue weighted by Crippen LogP contribution is -2.39. The van der Waals surface area contributed by atoms with Crippen LogP contribution in [0.4, 0.5) is 0 Å². The zero-order valence-electron chi connectivity index (χ0n) is 9.96. The van der Waals surface area contributed by atoms with E-state index in [4.69, 9.17) is 0 Å². The molecule has 0 spiro atoms. The quantitative estimate of drug-likeness (QED) is 0.697. The van der Waals surface area contributed by atoms with E-state index in [2.05, 4.69) is 25.7 Å². The molecule has 1 fully saturated rings. The summed E-state index contributed by atoms with van der Waals surface area (Å²) in [6.45, 7) is 9.41. The second-order valence-corrected chi connectivity index (χ2v) is 4.36. The fourth-order valence-electron chi connectivity index (χ4n) is 2.71. The Morgan fingerprint density at radius 2 is 1.57 bits per heavy atom. The van der Waals surface area contributed by atoms with E-state index in [1.165, 1.54) is 45.2 Å². The van der Waals surface area contributed by atoms with Gasteiger partial charge in [-0.3, -0.25) is 0 Å². The Morgan fingerprint density at radius 1 is 1.07 bits per heavy atom. The standard InChI is InChI=1S/C12H25N.ClH/c1-4-13(5-2)11(3)12-9-7-6-8-10-12;/h11-12H,4-10H2,1-3H3;1H. The number of halogens is 1. The van der Waals surface area contributed by atoms with Gasteiger partial charge in [0.05, 0.1) is 0 Å². The van der Waals surface area contributed by atoms with Crippen LogP contribution in [0, 0.1) is 5.92 Å². The summed E-state index contributed by atoms with van der Waals surface area (Å²) in [4.78, 5) is 2.61. The number of nitrogens with zero attached hydrogens (tertiary/aromatic N) is 1. The van der Waals surface area contributed by atoms with Crippen LogP contribution in [0.15, 0.2) is 0 Å². The summed E-state index contributed by atoms with van der Waals surface area (Å²) in [5, 5.41) is 0. The zero-order chi connectivity index (χ0) is 9.68. The van der Waals surface area contributed by atoms with E-state index >= 15 is 0 Å².